The highest BCUT2D eigenvalue weighted by atomic mass is 79.9. The summed E-state index contributed by atoms with van der Waals surface area (Å²) in [7, 11) is 0. The van der Waals surface area contributed by atoms with Gasteiger partial charge in [0.25, 0.3) is 0 Å². The van der Waals surface area contributed by atoms with Crippen molar-refractivity contribution >= 4 is 59.9 Å². The van der Waals surface area contributed by atoms with Gasteiger partial charge in [-0.3, -0.25) is 0 Å². The minimum Gasteiger partial charge on any atom is -0.419 e. The minimum absolute atomic E-state index is 0.0188. The van der Waals surface area contributed by atoms with E-state index in [9.17, 15) is 18.0 Å². The Morgan fingerprint density at radius 1 is 0.862 bits per heavy atom. The molecule has 146 valence electrons. The number of aromatic nitrogens is 2. The van der Waals surface area contributed by atoms with Crippen LogP contribution in [0.1, 0.15) is 15.9 Å². The van der Waals surface area contributed by atoms with Crippen molar-refractivity contribution in [3.05, 3.63) is 74.7 Å². The molecule has 0 aliphatic rings. The fraction of sp³-hybridized carbons (Fsp3) is 0.0500. The number of alkyl halides is 3. The quantitative estimate of drug-likeness (QED) is 0.169. The number of hydrogen-bond donors (Lipinski definition) is 0. The van der Waals surface area contributed by atoms with Crippen LogP contribution in [0.15, 0.2) is 63.5 Å². The summed E-state index contributed by atoms with van der Waals surface area (Å²) < 4.78 is 44.7. The molecule has 3 aromatic carbocycles. The Bertz CT molecular complexity index is 1260. The van der Waals surface area contributed by atoms with Gasteiger partial charge in [0.15, 0.2) is 5.75 Å². The normalized spacial score (nSPS) is 11.8. The number of ether oxygens (including phenoxy) is 1. The molecular weight excluding hydrogens is 517 g/mol. The summed E-state index contributed by atoms with van der Waals surface area (Å²) >= 11 is 6.77. The first-order valence-corrected chi connectivity index (χ1v) is 9.76. The molecule has 0 aliphatic heterocycles. The highest BCUT2D eigenvalue weighted by molar-refractivity contribution is 9.11. The van der Waals surface area contributed by atoms with Gasteiger partial charge >= 0.3 is 12.1 Å². The first-order valence-electron chi connectivity index (χ1n) is 8.18. The van der Waals surface area contributed by atoms with Gasteiger partial charge in [0, 0.05) is 4.47 Å². The number of fused-ring (bicyclic) bond motifs is 2. The summed E-state index contributed by atoms with van der Waals surface area (Å²) in [5.74, 6) is -0.677. The van der Waals surface area contributed by atoms with Crippen molar-refractivity contribution < 1.29 is 22.7 Å². The molecule has 1 aromatic heterocycles. The molecule has 0 saturated heterocycles. The topological polar surface area (TPSA) is 52.1 Å². The van der Waals surface area contributed by atoms with Crippen molar-refractivity contribution in [3.8, 4) is 5.75 Å². The molecule has 9 heteroatoms. The van der Waals surface area contributed by atoms with Crippen molar-refractivity contribution in [1.29, 1.82) is 0 Å². The summed E-state index contributed by atoms with van der Waals surface area (Å²) in [5, 5.41) is 0. The minimum atomic E-state index is -4.48. The van der Waals surface area contributed by atoms with E-state index in [4.69, 9.17) is 4.74 Å². The first-order chi connectivity index (χ1) is 13.7. The number of nitrogens with zero attached hydrogens (tertiary/aromatic N) is 2. The van der Waals surface area contributed by atoms with Crippen LogP contribution >= 0.6 is 31.9 Å². The first kappa shape index (κ1) is 19.8. The molecule has 0 saturated carbocycles. The van der Waals surface area contributed by atoms with Crippen molar-refractivity contribution in [2.24, 2.45) is 0 Å². The molecule has 0 amide bonds. The molecule has 29 heavy (non-hydrogen) atoms. The van der Waals surface area contributed by atoms with Crippen LogP contribution in [0.2, 0.25) is 0 Å². The Kier molecular flexibility index (Phi) is 5.04. The number of esters is 1. The van der Waals surface area contributed by atoms with Crippen molar-refractivity contribution in [1.82, 2.24) is 9.97 Å². The predicted molar refractivity (Wildman–Crippen MR) is 109 cm³/mol. The molecule has 0 spiro atoms. The third-order valence-corrected chi connectivity index (χ3v) is 5.32. The number of carbonyl (C=O) groups is 1. The Balaban J connectivity index is 1.77. The zero-order valence-corrected chi connectivity index (χ0v) is 17.5. The van der Waals surface area contributed by atoms with Crippen LogP contribution in [0.5, 0.6) is 5.75 Å². The Labute approximate surface area is 179 Å². The van der Waals surface area contributed by atoms with E-state index in [0.717, 1.165) is 24.3 Å². The Hall–Kier alpha value is -2.52. The number of hydrogen-bond acceptors (Lipinski definition) is 4. The lowest BCUT2D eigenvalue weighted by Crippen LogP contribution is -2.11. The highest BCUT2D eigenvalue weighted by Gasteiger charge is 2.30. The molecule has 1 heterocycles. The van der Waals surface area contributed by atoms with E-state index in [0.29, 0.717) is 31.0 Å². The maximum atomic E-state index is 12.7. The maximum absolute atomic E-state index is 12.7. The van der Waals surface area contributed by atoms with Crippen LogP contribution in [0.4, 0.5) is 13.2 Å². The molecule has 4 nitrogen and oxygen atoms in total. The second-order valence-electron chi connectivity index (χ2n) is 6.04. The molecule has 0 N–H and O–H groups in total. The van der Waals surface area contributed by atoms with Gasteiger partial charge in [0.05, 0.1) is 26.6 Å². The summed E-state index contributed by atoms with van der Waals surface area (Å²) in [6.07, 6.45) is -4.48. The lowest BCUT2D eigenvalue weighted by Gasteiger charge is -2.12. The maximum Gasteiger partial charge on any atom is 0.416 e. The van der Waals surface area contributed by atoms with Crippen LogP contribution in [-0.4, -0.2) is 15.9 Å². The fourth-order valence-corrected chi connectivity index (χ4v) is 4.04. The third kappa shape index (κ3) is 3.84. The van der Waals surface area contributed by atoms with Gasteiger partial charge in [-0.2, -0.15) is 13.2 Å². The van der Waals surface area contributed by atoms with E-state index in [-0.39, 0.29) is 11.3 Å². The van der Waals surface area contributed by atoms with Gasteiger partial charge in [-0.25, -0.2) is 14.8 Å². The summed E-state index contributed by atoms with van der Waals surface area (Å²) in [6, 6.07) is 12.7. The molecule has 4 rings (SSSR count). The SMILES string of the molecule is O=C(Oc1c(Br)cc(Br)c2nc3ccccc3nc12)c1ccc(C(F)(F)F)cc1. The van der Waals surface area contributed by atoms with Gasteiger partial charge in [-0.05, 0) is 74.3 Å². The van der Waals surface area contributed by atoms with Gasteiger partial charge < -0.3 is 4.74 Å². The van der Waals surface area contributed by atoms with E-state index < -0.39 is 17.7 Å². The van der Waals surface area contributed by atoms with Crippen LogP contribution in [-0.2, 0) is 6.18 Å². The van der Waals surface area contributed by atoms with E-state index in [2.05, 4.69) is 41.8 Å². The molecule has 0 bridgehead atoms. The Morgan fingerprint density at radius 2 is 1.45 bits per heavy atom. The third-order valence-electron chi connectivity index (χ3n) is 4.12. The lowest BCUT2D eigenvalue weighted by atomic mass is 10.1. The monoisotopic (exact) mass is 524 g/mol. The molecule has 4 aromatic rings. The molecule has 0 unspecified atom stereocenters. The number of carbonyl (C=O) groups excluding carboxylic acids is 1. The number of rotatable bonds is 2. The van der Waals surface area contributed by atoms with Crippen LogP contribution < -0.4 is 4.74 Å². The van der Waals surface area contributed by atoms with Gasteiger partial charge in [-0.1, -0.05) is 12.1 Å². The van der Waals surface area contributed by atoms with Crippen LogP contribution in [0, 0.1) is 0 Å². The second kappa shape index (κ2) is 7.38. The average molecular weight is 526 g/mol. The second-order valence-corrected chi connectivity index (χ2v) is 7.75. The van der Waals surface area contributed by atoms with E-state index in [1.165, 1.54) is 0 Å². The van der Waals surface area contributed by atoms with E-state index in [1.54, 1.807) is 12.1 Å². The molecule has 0 fully saturated rings. The molecule has 0 radical (unpaired) electrons. The number of halogens is 5. The van der Waals surface area contributed by atoms with Gasteiger partial charge in [-0.15, -0.1) is 0 Å². The van der Waals surface area contributed by atoms with Crippen LogP contribution in [0.25, 0.3) is 22.1 Å². The van der Waals surface area contributed by atoms with E-state index in [1.807, 2.05) is 18.2 Å². The fourth-order valence-electron chi connectivity index (χ4n) is 2.73. The molecule has 0 atom stereocenters. The standard InChI is InChI=1S/C20H9Br2F3N2O2/c21-12-9-13(22)18(17-16(12)26-14-3-1-2-4-15(14)27-17)29-19(28)10-5-7-11(8-6-10)20(23,24)25/h1-9H. The van der Waals surface area contributed by atoms with Crippen LogP contribution in [0.3, 0.4) is 0 Å². The smallest absolute Gasteiger partial charge is 0.416 e. The van der Waals surface area contributed by atoms with Gasteiger partial charge in [0.1, 0.15) is 11.0 Å². The zero-order chi connectivity index (χ0) is 20.8. The summed E-state index contributed by atoms with van der Waals surface area (Å²) in [5.41, 5.74) is 1.24. The molecule has 0 aliphatic carbocycles. The number of benzene rings is 3. The van der Waals surface area contributed by atoms with Crippen molar-refractivity contribution in [3.63, 3.8) is 0 Å². The zero-order valence-electron chi connectivity index (χ0n) is 14.3. The molecular formula is C20H9Br2F3N2O2. The van der Waals surface area contributed by atoms with Crippen molar-refractivity contribution in [2.75, 3.05) is 0 Å². The lowest BCUT2D eigenvalue weighted by molar-refractivity contribution is -0.137. The summed E-state index contributed by atoms with van der Waals surface area (Å²) in [6.45, 7) is 0. The average Bonchev–Trinajstić information content (AvgIpc) is 2.69. The van der Waals surface area contributed by atoms with E-state index >= 15 is 0 Å². The summed E-state index contributed by atoms with van der Waals surface area (Å²) in [4.78, 5) is 21.6. The van der Waals surface area contributed by atoms with Gasteiger partial charge in [0.2, 0.25) is 0 Å². The Morgan fingerprint density at radius 3 is 2.03 bits per heavy atom. The highest BCUT2D eigenvalue weighted by Crippen LogP contribution is 2.38. The number of para-hydroxylation sites is 2. The largest absolute Gasteiger partial charge is 0.419 e. The predicted octanol–water partition coefficient (Wildman–Crippen LogP) is 6.55. The van der Waals surface area contributed by atoms with Crippen molar-refractivity contribution in [2.45, 2.75) is 6.18 Å².